The van der Waals surface area contributed by atoms with Gasteiger partial charge < -0.3 is 15.4 Å². The van der Waals surface area contributed by atoms with Gasteiger partial charge in [0.1, 0.15) is 0 Å². The molecule has 1 aliphatic carbocycles. The van der Waals surface area contributed by atoms with Crippen molar-refractivity contribution in [3.05, 3.63) is 29.3 Å². The summed E-state index contributed by atoms with van der Waals surface area (Å²) in [6.07, 6.45) is 3.68. The van der Waals surface area contributed by atoms with Gasteiger partial charge in [-0.1, -0.05) is 6.92 Å². The summed E-state index contributed by atoms with van der Waals surface area (Å²) >= 11 is 0. The van der Waals surface area contributed by atoms with Crippen LogP contribution in [0.2, 0.25) is 0 Å². The number of hydrogen-bond donors (Lipinski definition) is 2. The van der Waals surface area contributed by atoms with Gasteiger partial charge in [0.25, 0.3) is 5.91 Å². The van der Waals surface area contributed by atoms with Crippen LogP contribution in [0.3, 0.4) is 0 Å². The van der Waals surface area contributed by atoms with Crippen molar-refractivity contribution < 1.29 is 9.53 Å². The van der Waals surface area contributed by atoms with E-state index in [4.69, 9.17) is 4.74 Å². The second-order valence-corrected chi connectivity index (χ2v) is 5.73. The van der Waals surface area contributed by atoms with E-state index in [-0.39, 0.29) is 5.91 Å². The number of hydrogen-bond acceptors (Lipinski definition) is 3. The average Bonchev–Trinajstić information content (AvgIpc) is 3.29. The number of benzene rings is 1. The highest BCUT2D eigenvalue weighted by Crippen LogP contribution is 2.28. The average molecular weight is 290 g/mol. The first-order valence-corrected chi connectivity index (χ1v) is 7.91. The molecule has 1 amide bonds. The Hall–Kier alpha value is -1.55. The maximum Gasteiger partial charge on any atom is 0.251 e. The van der Waals surface area contributed by atoms with Crippen molar-refractivity contribution >= 4 is 11.6 Å². The van der Waals surface area contributed by atoms with Crippen LogP contribution in [-0.2, 0) is 4.74 Å². The molecule has 4 nitrogen and oxygen atoms in total. The van der Waals surface area contributed by atoms with Crippen molar-refractivity contribution in [2.45, 2.75) is 33.1 Å². The largest absolute Gasteiger partial charge is 0.385 e. The molecule has 1 aliphatic rings. The molecule has 0 bridgehead atoms. The molecular formula is C17H26N2O2. The van der Waals surface area contributed by atoms with E-state index in [1.54, 1.807) is 0 Å². The van der Waals surface area contributed by atoms with Crippen LogP contribution < -0.4 is 10.6 Å². The summed E-state index contributed by atoms with van der Waals surface area (Å²) in [6.45, 7) is 7.11. The molecule has 0 spiro atoms. The molecule has 4 heteroatoms. The Morgan fingerprint density at radius 3 is 2.81 bits per heavy atom. The van der Waals surface area contributed by atoms with Crippen LogP contribution in [0, 0.1) is 12.8 Å². The summed E-state index contributed by atoms with van der Waals surface area (Å²) in [6, 6.07) is 5.77. The predicted octanol–water partition coefficient (Wildman–Crippen LogP) is 2.97. The van der Waals surface area contributed by atoms with Gasteiger partial charge >= 0.3 is 0 Å². The van der Waals surface area contributed by atoms with Crippen LogP contribution >= 0.6 is 0 Å². The van der Waals surface area contributed by atoms with E-state index in [0.717, 1.165) is 36.7 Å². The topological polar surface area (TPSA) is 50.4 Å². The molecular weight excluding hydrogens is 264 g/mol. The molecule has 0 aliphatic heterocycles. The quantitative estimate of drug-likeness (QED) is 0.687. The van der Waals surface area contributed by atoms with Gasteiger partial charge in [-0.2, -0.15) is 0 Å². The van der Waals surface area contributed by atoms with Crippen LogP contribution in [0.25, 0.3) is 0 Å². The molecule has 1 aromatic rings. The van der Waals surface area contributed by atoms with Gasteiger partial charge in [0.15, 0.2) is 0 Å². The molecule has 0 atom stereocenters. The molecule has 0 radical (unpaired) electrons. The van der Waals surface area contributed by atoms with Crippen molar-refractivity contribution in [3.63, 3.8) is 0 Å². The van der Waals surface area contributed by atoms with Gasteiger partial charge in [-0.25, -0.2) is 0 Å². The van der Waals surface area contributed by atoms with Crippen LogP contribution in [0.5, 0.6) is 0 Å². The summed E-state index contributed by atoms with van der Waals surface area (Å²) in [4.78, 5) is 12.0. The van der Waals surface area contributed by atoms with E-state index >= 15 is 0 Å². The Balaban J connectivity index is 1.74. The predicted molar refractivity (Wildman–Crippen MR) is 85.8 cm³/mol. The molecule has 0 unspecified atom stereocenters. The van der Waals surface area contributed by atoms with Gasteiger partial charge in [0, 0.05) is 30.9 Å². The summed E-state index contributed by atoms with van der Waals surface area (Å²) < 4.78 is 5.51. The van der Waals surface area contributed by atoms with Crippen LogP contribution in [-0.4, -0.2) is 32.2 Å². The van der Waals surface area contributed by atoms with E-state index in [1.807, 2.05) is 25.1 Å². The van der Waals surface area contributed by atoms with Gasteiger partial charge in [0.05, 0.1) is 6.61 Å². The zero-order valence-electron chi connectivity index (χ0n) is 13.1. The minimum absolute atomic E-state index is 0.0323. The molecule has 1 saturated carbocycles. The number of carbonyl (C=O) groups excluding carboxylic acids is 1. The standard InChI is InChI=1S/C17H26N2O2/c1-3-8-18-16-7-6-15(11-13(16)2)17(20)19-9-10-21-12-14-4-5-14/h6-7,11,14,18H,3-5,8-10,12H2,1-2H3,(H,19,20). The number of aryl methyl sites for hydroxylation is 1. The third-order valence-corrected chi connectivity index (χ3v) is 3.64. The minimum atomic E-state index is -0.0323. The maximum atomic E-state index is 12.0. The Labute approximate surface area is 127 Å². The number of ether oxygens (including phenoxy) is 1. The van der Waals surface area contributed by atoms with Crippen molar-refractivity contribution in [1.82, 2.24) is 5.32 Å². The number of rotatable bonds is 9. The number of amides is 1. The molecule has 0 aromatic heterocycles. The summed E-state index contributed by atoms with van der Waals surface area (Å²) in [5, 5.41) is 6.25. The molecule has 0 heterocycles. The number of anilines is 1. The molecule has 2 rings (SSSR count). The second kappa shape index (κ2) is 8.03. The Kier molecular flexibility index (Phi) is 6.05. The Morgan fingerprint density at radius 1 is 1.33 bits per heavy atom. The molecule has 2 N–H and O–H groups in total. The van der Waals surface area contributed by atoms with Gasteiger partial charge in [-0.05, 0) is 55.9 Å². The first kappa shape index (κ1) is 15.8. The normalized spacial score (nSPS) is 14.0. The van der Waals surface area contributed by atoms with E-state index in [0.29, 0.717) is 18.7 Å². The highest BCUT2D eigenvalue weighted by molar-refractivity contribution is 5.94. The molecule has 1 fully saturated rings. The van der Waals surface area contributed by atoms with Crippen molar-refractivity contribution in [2.75, 3.05) is 31.6 Å². The summed E-state index contributed by atoms with van der Waals surface area (Å²) in [5.41, 5.74) is 2.90. The fraction of sp³-hybridized carbons (Fsp3) is 0.588. The molecule has 1 aromatic carbocycles. The summed E-state index contributed by atoms with van der Waals surface area (Å²) in [7, 11) is 0. The summed E-state index contributed by atoms with van der Waals surface area (Å²) in [5.74, 6) is 0.738. The van der Waals surface area contributed by atoms with Crippen LogP contribution in [0.15, 0.2) is 18.2 Å². The molecule has 0 saturated heterocycles. The SMILES string of the molecule is CCCNc1ccc(C(=O)NCCOCC2CC2)cc1C. The fourth-order valence-corrected chi connectivity index (χ4v) is 2.14. The third kappa shape index (κ3) is 5.38. The lowest BCUT2D eigenvalue weighted by atomic mass is 10.1. The lowest BCUT2D eigenvalue weighted by Gasteiger charge is -2.11. The smallest absolute Gasteiger partial charge is 0.251 e. The Bertz CT molecular complexity index is 470. The number of carbonyl (C=O) groups is 1. The van der Waals surface area contributed by atoms with Crippen molar-refractivity contribution in [2.24, 2.45) is 5.92 Å². The van der Waals surface area contributed by atoms with Crippen LogP contribution in [0.1, 0.15) is 42.1 Å². The third-order valence-electron chi connectivity index (χ3n) is 3.64. The first-order chi connectivity index (χ1) is 10.2. The van der Waals surface area contributed by atoms with Gasteiger partial charge in [0.2, 0.25) is 0 Å². The van der Waals surface area contributed by atoms with E-state index in [1.165, 1.54) is 12.8 Å². The molecule has 21 heavy (non-hydrogen) atoms. The van der Waals surface area contributed by atoms with E-state index < -0.39 is 0 Å². The van der Waals surface area contributed by atoms with Gasteiger partial charge in [-0.3, -0.25) is 4.79 Å². The second-order valence-electron chi connectivity index (χ2n) is 5.73. The first-order valence-electron chi connectivity index (χ1n) is 7.91. The highest BCUT2D eigenvalue weighted by atomic mass is 16.5. The van der Waals surface area contributed by atoms with Gasteiger partial charge in [-0.15, -0.1) is 0 Å². The van der Waals surface area contributed by atoms with E-state index in [9.17, 15) is 4.79 Å². The highest BCUT2D eigenvalue weighted by Gasteiger charge is 2.20. The minimum Gasteiger partial charge on any atom is -0.385 e. The lowest BCUT2D eigenvalue weighted by molar-refractivity contribution is 0.0906. The zero-order chi connectivity index (χ0) is 15.1. The monoisotopic (exact) mass is 290 g/mol. The zero-order valence-corrected chi connectivity index (χ0v) is 13.1. The Morgan fingerprint density at radius 2 is 2.14 bits per heavy atom. The number of nitrogens with one attached hydrogen (secondary N) is 2. The maximum absolute atomic E-state index is 12.0. The molecule has 116 valence electrons. The lowest BCUT2D eigenvalue weighted by Crippen LogP contribution is -2.27. The van der Waals surface area contributed by atoms with Crippen molar-refractivity contribution in [1.29, 1.82) is 0 Å². The van der Waals surface area contributed by atoms with Crippen LogP contribution in [0.4, 0.5) is 5.69 Å². The fourth-order valence-electron chi connectivity index (χ4n) is 2.14. The van der Waals surface area contributed by atoms with E-state index in [2.05, 4.69) is 17.6 Å². The van der Waals surface area contributed by atoms with Crippen molar-refractivity contribution in [3.8, 4) is 0 Å².